The third-order valence-corrected chi connectivity index (χ3v) is 6.27. The van der Waals surface area contributed by atoms with Gasteiger partial charge < -0.3 is 14.0 Å². The van der Waals surface area contributed by atoms with Crippen molar-refractivity contribution in [3.05, 3.63) is 24.3 Å². The van der Waals surface area contributed by atoms with Crippen molar-refractivity contribution in [1.29, 1.82) is 0 Å². The third kappa shape index (κ3) is 5.23. The van der Waals surface area contributed by atoms with E-state index in [1.165, 1.54) is 0 Å². The first-order chi connectivity index (χ1) is 12.5. The molecule has 156 valence electrons. The molecular weight excluding hydrogens is 377 g/mol. The van der Waals surface area contributed by atoms with Gasteiger partial charge in [0.2, 0.25) is 0 Å². The van der Waals surface area contributed by atoms with Gasteiger partial charge in [0.1, 0.15) is 22.1 Å². The molecule has 1 saturated heterocycles. The van der Waals surface area contributed by atoms with Gasteiger partial charge in [0.25, 0.3) is 0 Å². The summed E-state index contributed by atoms with van der Waals surface area (Å²) in [5.74, 6) is -0.456. The maximum absolute atomic E-state index is 12.7. The smallest absolute Gasteiger partial charge is 0.459 e. The number of benzene rings is 1. The lowest BCUT2D eigenvalue weighted by Crippen LogP contribution is -2.50. The molecule has 8 heteroatoms. The fourth-order valence-electron chi connectivity index (χ4n) is 2.47. The summed E-state index contributed by atoms with van der Waals surface area (Å²) in [6, 6.07) is 7.15. The fourth-order valence-corrected chi connectivity index (χ4v) is 3.51. The highest BCUT2D eigenvalue weighted by Gasteiger charge is 2.51. The molecule has 0 aromatic heterocycles. The summed E-state index contributed by atoms with van der Waals surface area (Å²) in [7, 11) is -2.05. The van der Waals surface area contributed by atoms with E-state index < -0.39 is 46.4 Å². The van der Waals surface area contributed by atoms with Crippen molar-refractivity contribution in [3.8, 4) is 0 Å². The average Bonchev–Trinajstić information content (AvgIpc) is 2.73. The Morgan fingerprint density at radius 3 is 1.89 bits per heavy atom. The van der Waals surface area contributed by atoms with E-state index >= 15 is 0 Å². The Morgan fingerprint density at radius 1 is 1.00 bits per heavy atom. The van der Waals surface area contributed by atoms with Crippen LogP contribution in [0.1, 0.15) is 62.3 Å². The lowest BCUT2D eigenvalue weighted by atomic mass is 9.79. The Morgan fingerprint density at radius 2 is 1.46 bits per heavy atom. The molecular formula is C20H32BNO5S. The molecule has 0 spiro atoms. The minimum Gasteiger partial charge on any atom is -0.459 e. The molecule has 1 fully saturated rings. The first-order valence-electron chi connectivity index (χ1n) is 9.43. The Labute approximate surface area is 171 Å². The zero-order valence-corrected chi connectivity index (χ0v) is 19.2. The minimum atomic E-state index is -1.57. The van der Waals surface area contributed by atoms with Crippen molar-refractivity contribution in [2.75, 3.05) is 0 Å². The zero-order valence-electron chi connectivity index (χ0n) is 18.3. The molecule has 1 aromatic carbocycles. The SMILES string of the molecule is CC(C)(C)OC(=O)C(C)(C)NS(=O)c1ccc(B2OC(C)(C)C(C)(C)O2)cc1. The average molecular weight is 409 g/mol. The van der Waals surface area contributed by atoms with Gasteiger partial charge in [-0.05, 0) is 79.9 Å². The molecule has 0 amide bonds. The molecule has 1 aliphatic heterocycles. The van der Waals surface area contributed by atoms with Crippen molar-refractivity contribution in [2.45, 2.75) is 89.6 Å². The minimum absolute atomic E-state index is 0.418. The van der Waals surface area contributed by atoms with Crippen LogP contribution in [0.4, 0.5) is 0 Å². The lowest BCUT2D eigenvalue weighted by Gasteiger charge is -2.32. The predicted octanol–water partition coefficient (Wildman–Crippen LogP) is 2.72. The molecule has 2 rings (SSSR count). The third-order valence-electron chi connectivity index (χ3n) is 4.88. The van der Waals surface area contributed by atoms with E-state index in [0.717, 1.165) is 5.46 Å². The topological polar surface area (TPSA) is 73.9 Å². The molecule has 0 bridgehead atoms. The van der Waals surface area contributed by atoms with Crippen LogP contribution in [0.15, 0.2) is 29.2 Å². The number of esters is 1. The first kappa shape index (κ1) is 23.1. The van der Waals surface area contributed by atoms with E-state index in [-0.39, 0.29) is 0 Å². The van der Waals surface area contributed by atoms with Crippen molar-refractivity contribution in [2.24, 2.45) is 0 Å². The molecule has 1 aromatic rings. The Kier molecular flexibility index (Phi) is 6.23. The molecule has 0 aliphatic carbocycles. The molecule has 1 heterocycles. The summed E-state index contributed by atoms with van der Waals surface area (Å²) in [6.45, 7) is 16.7. The van der Waals surface area contributed by atoms with Crippen LogP contribution in [0.25, 0.3) is 0 Å². The second-order valence-electron chi connectivity index (χ2n) is 9.65. The molecule has 1 aliphatic rings. The van der Waals surface area contributed by atoms with Crippen LogP contribution < -0.4 is 10.2 Å². The highest BCUT2D eigenvalue weighted by Crippen LogP contribution is 2.36. The summed E-state index contributed by atoms with van der Waals surface area (Å²) in [6.07, 6.45) is 0. The van der Waals surface area contributed by atoms with Gasteiger partial charge in [0, 0.05) is 0 Å². The Bertz CT molecular complexity index is 737. The number of ether oxygens (including phenoxy) is 1. The van der Waals surface area contributed by atoms with Gasteiger partial charge in [-0.3, -0.25) is 4.79 Å². The molecule has 1 N–H and O–H groups in total. The van der Waals surface area contributed by atoms with Crippen LogP contribution in [0, 0.1) is 0 Å². The number of nitrogens with one attached hydrogen (secondary N) is 1. The van der Waals surface area contributed by atoms with E-state index in [9.17, 15) is 9.00 Å². The van der Waals surface area contributed by atoms with E-state index in [1.54, 1.807) is 46.8 Å². The summed E-state index contributed by atoms with van der Waals surface area (Å²) < 4.78 is 33.0. The number of hydrogen-bond acceptors (Lipinski definition) is 5. The van der Waals surface area contributed by atoms with Gasteiger partial charge in [-0.2, -0.15) is 0 Å². The summed E-state index contributed by atoms with van der Waals surface area (Å²) >= 11 is 0. The van der Waals surface area contributed by atoms with Crippen molar-refractivity contribution >= 4 is 29.5 Å². The quantitative estimate of drug-likeness (QED) is 0.598. The standard InChI is InChI=1S/C20H32BNO5S/c1-17(2,3)25-16(23)18(4,5)22-28(24)15-12-10-14(11-13-15)21-26-19(6,7)20(8,9)27-21/h10-13,22H,1-9H3. The number of rotatable bonds is 5. The normalized spacial score (nSPS) is 20.1. The highest BCUT2D eigenvalue weighted by molar-refractivity contribution is 7.83. The van der Waals surface area contributed by atoms with Gasteiger partial charge in [-0.15, -0.1) is 0 Å². The molecule has 1 unspecified atom stereocenters. The highest BCUT2D eigenvalue weighted by atomic mass is 32.2. The van der Waals surface area contributed by atoms with Gasteiger partial charge in [0.15, 0.2) is 0 Å². The molecule has 0 radical (unpaired) electrons. The van der Waals surface area contributed by atoms with Gasteiger partial charge in [-0.25, -0.2) is 8.93 Å². The lowest BCUT2D eigenvalue weighted by molar-refractivity contribution is -0.160. The zero-order chi connectivity index (χ0) is 21.5. The van der Waals surface area contributed by atoms with Gasteiger partial charge in [0.05, 0.1) is 16.1 Å². The van der Waals surface area contributed by atoms with Crippen LogP contribution in [0.5, 0.6) is 0 Å². The van der Waals surface area contributed by atoms with Crippen LogP contribution in [0.2, 0.25) is 0 Å². The van der Waals surface area contributed by atoms with Crippen molar-refractivity contribution in [1.82, 2.24) is 4.72 Å². The van der Waals surface area contributed by atoms with E-state index in [1.807, 2.05) is 39.8 Å². The van der Waals surface area contributed by atoms with E-state index in [2.05, 4.69) is 4.72 Å². The van der Waals surface area contributed by atoms with Crippen LogP contribution in [0.3, 0.4) is 0 Å². The monoisotopic (exact) mass is 409 g/mol. The molecule has 0 saturated carbocycles. The summed E-state index contributed by atoms with van der Waals surface area (Å²) in [5.41, 5.74) is -1.69. The number of carbonyl (C=O) groups excluding carboxylic acids is 1. The Balaban J connectivity index is 2.07. The fraction of sp³-hybridized carbons (Fsp3) is 0.650. The van der Waals surface area contributed by atoms with Gasteiger partial charge in [-0.1, -0.05) is 12.1 Å². The summed E-state index contributed by atoms with van der Waals surface area (Å²) in [4.78, 5) is 12.9. The summed E-state index contributed by atoms with van der Waals surface area (Å²) in [5, 5.41) is 0. The Hall–Kier alpha value is -1.22. The molecule has 1 atom stereocenters. The number of carbonyl (C=O) groups is 1. The van der Waals surface area contributed by atoms with Crippen LogP contribution >= 0.6 is 0 Å². The van der Waals surface area contributed by atoms with E-state index in [0.29, 0.717) is 4.90 Å². The molecule has 28 heavy (non-hydrogen) atoms. The van der Waals surface area contributed by atoms with Crippen LogP contribution in [-0.4, -0.2) is 39.6 Å². The van der Waals surface area contributed by atoms with E-state index in [4.69, 9.17) is 14.0 Å². The maximum Gasteiger partial charge on any atom is 0.494 e. The second kappa shape index (κ2) is 7.56. The van der Waals surface area contributed by atoms with Gasteiger partial charge >= 0.3 is 13.1 Å². The second-order valence-corrected chi connectivity index (χ2v) is 10.9. The predicted molar refractivity (Wildman–Crippen MR) is 112 cm³/mol. The first-order valence-corrected chi connectivity index (χ1v) is 10.6. The maximum atomic E-state index is 12.7. The van der Waals surface area contributed by atoms with Crippen LogP contribution in [-0.2, 0) is 29.8 Å². The van der Waals surface area contributed by atoms with Crippen molar-refractivity contribution < 1.29 is 23.0 Å². The largest absolute Gasteiger partial charge is 0.494 e. The molecule has 6 nitrogen and oxygen atoms in total. The number of hydrogen-bond donors (Lipinski definition) is 1. The van der Waals surface area contributed by atoms with Crippen molar-refractivity contribution in [3.63, 3.8) is 0 Å².